The van der Waals surface area contributed by atoms with E-state index in [-0.39, 0.29) is 0 Å². The first-order chi connectivity index (χ1) is 10.8. The monoisotopic (exact) mass is 378 g/mol. The van der Waals surface area contributed by atoms with Gasteiger partial charge in [0.1, 0.15) is 5.75 Å². The number of methoxy groups -OCH3 is 1. The van der Waals surface area contributed by atoms with E-state index in [1.807, 2.05) is 18.2 Å². The second-order valence-corrected chi connectivity index (χ2v) is 6.45. The normalized spacial score (nSPS) is 10.6. The Morgan fingerprint density at radius 3 is 2.82 bits per heavy atom. The Morgan fingerprint density at radius 2 is 2.14 bits per heavy atom. The van der Waals surface area contributed by atoms with Crippen LogP contribution in [-0.4, -0.2) is 12.1 Å². The summed E-state index contributed by atoms with van der Waals surface area (Å²) in [5, 5.41) is 4.32. The fraction of sp³-hybridized carbons (Fsp3) is 0.188. The Bertz CT molecular complexity index is 740. The van der Waals surface area contributed by atoms with E-state index >= 15 is 0 Å². The molecule has 0 aliphatic carbocycles. The van der Waals surface area contributed by atoms with Crippen molar-refractivity contribution in [1.29, 1.82) is 0 Å². The van der Waals surface area contributed by atoms with E-state index < -0.39 is 0 Å². The van der Waals surface area contributed by atoms with E-state index in [0.717, 1.165) is 34.6 Å². The smallest absolute Gasteiger partial charge is 0.181 e. The number of aromatic nitrogens is 1. The van der Waals surface area contributed by atoms with Gasteiger partial charge in [-0.15, -0.1) is 11.3 Å². The predicted octanol–water partition coefficient (Wildman–Crippen LogP) is 4.92. The van der Waals surface area contributed by atoms with E-state index in [1.165, 1.54) is 16.1 Å². The molecular formula is C16H15BrN2O2S. The Morgan fingerprint density at radius 1 is 1.27 bits per heavy atom. The highest BCUT2D eigenvalue weighted by atomic mass is 79.9. The summed E-state index contributed by atoms with van der Waals surface area (Å²) in [6.45, 7) is 0.758. The molecule has 0 radical (unpaired) electrons. The summed E-state index contributed by atoms with van der Waals surface area (Å²) in [7, 11) is 1.67. The topological polar surface area (TPSA) is 47.3 Å². The van der Waals surface area contributed by atoms with Crippen molar-refractivity contribution >= 4 is 33.0 Å². The molecular weight excluding hydrogens is 364 g/mol. The van der Waals surface area contributed by atoms with Gasteiger partial charge in [-0.2, -0.15) is 0 Å². The molecule has 3 aromatic rings. The van der Waals surface area contributed by atoms with Gasteiger partial charge in [0.2, 0.25) is 0 Å². The van der Waals surface area contributed by atoms with Crippen LogP contribution in [0.1, 0.15) is 9.75 Å². The Labute approximate surface area is 141 Å². The molecule has 0 unspecified atom stereocenters. The van der Waals surface area contributed by atoms with Crippen LogP contribution >= 0.6 is 27.3 Å². The lowest BCUT2D eigenvalue weighted by atomic mass is 10.1. The molecule has 6 heteroatoms. The molecule has 1 aromatic carbocycles. The van der Waals surface area contributed by atoms with Gasteiger partial charge >= 0.3 is 0 Å². The van der Waals surface area contributed by atoms with E-state index in [1.54, 1.807) is 24.6 Å². The van der Waals surface area contributed by atoms with Crippen LogP contribution in [0, 0.1) is 0 Å². The van der Waals surface area contributed by atoms with Gasteiger partial charge in [-0.25, -0.2) is 4.98 Å². The maximum atomic E-state index is 5.42. The minimum absolute atomic E-state index is 0.739. The molecule has 0 amide bonds. The summed E-state index contributed by atoms with van der Waals surface area (Å²) in [5.41, 5.74) is 1.90. The van der Waals surface area contributed by atoms with Gasteiger partial charge in [0, 0.05) is 27.2 Å². The maximum Gasteiger partial charge on any atom is 0.181 e. The molecule has 0 fully saturated rings. The predicted molar refractivity (Wildman–Crippen MR) is 92.8 cm³/mol. The summed E-state index contributed by atoms with van der Waals surface area (Å²) in [6, 6.07) is 10.2. The molecule has 0 saturated heterocycles. The fourth-order valence-electron chi connectivity index (χ4n) is 2.13. The molecule has 0 saturated carbocycles. The number of hydrogen-bond donors (Lipinski definition) is 1. The van der Waals surface area contributed by atoms with Crippen LogP contribution in [0.4, 0.5) is 5.69 Å². The lowest BCUT2D eigenvalue weighted by Crippen LogP contribution is -2.00. The SMILES string of the molecule is COc1ccc(-c2cnco2)cc1NCc1ccc(CBr)s1. The molecule has 0 aliphatic rings. The van der Waals surface area contributed by atoms with Crippen LogP contribution in [-0.2, 0) is 11.9 Å². The van der Waals surface area contributed by atoms with Crippen molar-refractivity contribution in [3.05, 3.63) is 52.7 Å². The van der Waals surface area contributed by atoms with E-state index in [4.69, 9.17) is 9.15 Å². The van der Waals surface area contributed by atoms with Gasteiger partial charge in [-0.05, 0) is 30.3 Å². The number of hydrogen-bond acceptors (Lipinski definition) is 5. The Hall–Kier alpha value is -1.79. The van der Waals surface area contributed by atoms with E-state index in [2.05, 4.69) is 38.4 Å². The van der Waals surface area contributed by atoms with Gasteiger partial charge in [0.05, 0.1) is 19.0 Å². The first-order valence-corrected chi connectivity index (χ1v) is 8.68. The third-order valence-electron chi connectivity index (χ3n) is 3.22. The van der Waals surface area contributed by atoms with Crippen molar-refractivity contribution in [3.8, 4) is 17.1 Å². The minimum Gasteiger partial charge on any atom is -0.495 e. The molecule has 22 heavy (non-hydrogen) atoms. The van der Waals surface area contributed by atoms with Crippen molar-refractivity contribution in [1.82, 2.24) is 4.98 Å². The molecule has 114 valence electrons. The van der Waals surface area contributed by atoms with Crippen LogP contribution < -0.4 is 10.1 Å². The second-order valence-electron chi connectivity index (χ2n) is 4.64. The number of anilines is 1. The summed E-state index contributed by atoms with van der Waals surface area (Å²) in [4.78, 5) is 6.55. The van der Waals surface area contributed by atoms with Crippen LogP contribution in [0.2, 0.25) is 0 Å². The first kappa shape index (κ1) is 15.1. The van der Waals surface area contributed by atoms with Crippen LogP contribution in [0.5, 0.6) is 5.75 Å². The van der Waals surface area contributed by atoms with Crippen molar-refractivity contribution in [2.45, 2.75) is 11.9 Å². The molecule has 1 N–H and O–H groups in total. The molecule has 2 heterocycles. The highest BCUT2D eigenvalue weighted by Crippen LogP contribution is 2.31. The molecule has 0 aliphatic heterocycles. The number of rotatable bonds is 6. The molecule has 0 bridgehead atoms. The third-order valence-corrected chi connectivity index (χ3v) is 5.28. The number of ether oxygens (including phenoxy) is 1. The molecule has 2 aromatic heterocycles. The standard InChI is InChI=1S/C16H15BrN2O2S/c1-20-15-5-2-11(16-9-18-10-21-16)6-14(15)19-8-13-4-3-12(7-17)22-13/h2-6,9-10,19H,7-8H2,1H3. The van der Waals surface area contributed by atoms with Crippen molar-refractivity contribution in [2.75, 3.05) is 12.4 Å². The highest BCUT2D eigenvalue weighted by molar-refractivity contribution is 9.08. The number of halogens is 1. The lowest BCUT2D eigenvalue weighted by Gasteiger charge is -2.11. The maximum absolute atomic E-state index is 5.42. The number of alkyl halides is 1. The van der Waals surface area contributed by atoms with Gasteiger partial charge in [0.15, 0.2) is 12.2 Å². The summed E-state index contributed by atoms with van der Waals surface area (Å²) >= 11 is 5.26. The zero-order valence-electron chi connectivity index (χ0n) is 12.0. The van der Waals surface area contributed by atoms with Crippen molar-refractivity contribution in [3.63, 3.8) is 0 Å². The Kier molecular flexibility index (Phi) is 4.80. The minimum atomic E-state index is 0.739. The average molecular weight is 379 g/mol. The summed E-state index contributed by atoms with van der Waals surface area (Å²) in [5.74, 6) is 1.55. The quantitative estimate of drug-likeness (QED) is 0.618. The summed E-state index contributed by atoms with van der Waals surface area (Å²) < 4.78 is 10.8. The lowest BCUT2D eigenvalue weighted by molar-refractivity contribution is 0.416. The van der Waals surface area contributed by atoms with Crippen molar-refractivity contribution < 1.29 is 9.15 Å². The third kappa shape index (κ3) is 3.34. The number of oxazole rings is 1. The van der Waals surface area contributed by atoms with Gasteiger partial charge in [-0.3, -0.25) is 0 Å². The number of nitrogens with one attached hydrogen (secondary N) is 1. The van der Waals surface area contributed by atoms with Gasteiger partial charge < -0.3 is 14.5 Å². The van der Waals surface area contributed by atoms with E-state index in [0.29, 0.717) is 0 Å². The Balaban J connectivity index is 1.80. The largest absolute Gasteiger partial charge is 0.495 e. The van der Waals surface area contributed by atoms with Crippen LogP contribution in [0.15, 0.2) is 47.3 Å². The molecule has 0 spiro atoms. The second kappa shape index (κ2) is 6.98. The summed E-state index contributed by atoms with van der Waals surface area (Å²) in [6.07, 6.45) is 3.13. The van der Waals surface area contributed by atoms with Crippen LogP contribution in [0.25, 0.3) is 11.3 Å². The highest BCUT2D eigenvalue weighted by Gasteiger charge is 2.08. The number of benzene rings is 1. The van der Waals surface area contributed by atoms with Crippen LogP contribution in [0.3, 0.4) is 0 Å². The zero-order chi connectivity index (χ0) is 15.4. The fourth-order valence-corrected chi connectivity index (χ4v) is 3.47. The average Bonchev–Trinajstić information content (AvgIpc) is 3.24. The number of thiophene rings is 1. The zero-order valence-corrected chi connectivity index (χ0v) is 14.4. The van der Waals surface area contributed by atoms with Gasteiger partial charge in [0.25, 0.3) is 0 Å². The van der Waals surface area contributed by atoms with Gasteiger partial charge in [-0.1, -0.05) is 15.9 Å². The first-order valence-electron chi connectivity index (χ1n) is 6.74. The number of nitrogens with zero attached hydrogens (tertiary/aromatic N) is 1. The molecule has 0 atom stereocenters. The molecule has 4 nitrogen and oxygen atoms in total. The van der Waals surface area contributed by atoms with E-state index in [9.17, 15) is 0 Å². The molecule has 3 rings (SSSR count). The van der Waals surface area contributed by atoms with Crippen molar-refractivity contribution in [2.24, 2.45) is 0 Å².